The molecule has 1 heterocycles. The zero-order valence-corrected chi connectivity index (χ0v) is 8.04. The van der Waals surface area contributed by atoms with Crippen LogP contribution in [-0.4, -0.2) is 66.6 Å². The van der Waals surface area contributed by atoms with E-state index >= 15 is 0 Å². The minimum absolute atomic E-state index is 0.499. The largest absolute Gasteiger partial charge is 0.477 e. The molecule has 82 valence electrons. The summed E-state index contributed by atoms with van der Waals surface area (Å²) in [6, 6.07) is 0. The average Bonchev–Trinajstić information content (AvgIpc) is 2.08. The summed E-state index contributed by atoms with van der Waals surface area (Å²) in [7, 11) is 1.91. The second-order valence-electron chi connectivity index (χ2n) is 3.59. The lowest BCUT2D eigenvalue weighted by Crippen LogP contribution is -2.50. The molecular formula is C8H14F2N2O2. The van der Waals surface area contributed by atoms with Crippen molar-refractivity contribution in [2.24, 2.45) is 0 Å². The molecule has 1 saturated heterocycles. The molecule has 4 nitrogen and oxygen atoms in total. The molecule has 0 spiro atoms. The van der Waals surface area contributed by atoms with E-state index in [1.807, 2.05) is 11.9 Å². The molecule has 0 saturated carbocycles. The minimum atomic E-state index is -3.63. The molecule has 0 bridgehead atoms. The predicted octanol–water partition coefficient (Wildman–Crippen LogP) is -0.0463. The number of halogens is 2. The van der Waals surface area contributed by atoms with Crippen LogP contribution in [0.1, 0.15) is 0 Å². The summed E-state index contributed by atoms with van der Waals surface area (Å²) in [5.41, 5.74) is 0. The lowest BCUT2D eigenvalue weighted by molar-refractivity contribution is -0.167. The fourth-order valence-electron chi connectivity index (χ4n) is 1.35. The van der Waals surface area contributed by atoms with Crippen LogP contribution in [0.2, 0.25) is 0 Å². The number of rotatable bonds is 3. The van der Waals surface area contributed by atoms with Gasteiger partial charge in [0, 0.05) is 26.2 Å². The van der Waals surface area contributed by atoms with Crippen molar-refractivity contribution in [3.63, 3.8) is 0 Å². The number of piperazine rings is 1. The van der Waals surface area contributed by atoms with E-state index in [9.17, 15) is 13.6 Å². The maximum absolute atomic E-state index is 12.8. The van der Waals surface area contributed by atoms with E-state index in [0.29, 0.717) is 26.2 Å². The molecule has 1 aliphatic heterocycles. The third-order valence-electron chi connectivity index (χ3n) is 2.33. The minimum Gasteiger partial charge on any atom is -0.477 e. The number of carboxylic acids is 1. The second-order valence-corrected chi connectivity index (χ2v) is 3.59. The summed E-state index contributed by atoms with van der Waals surface area (Å²) in [5.74, 6) is -5.67. The van der Waals surface area contributed by atoms with Crippen molar-refractivity contribution < 1.29 is 18.7 Å². The van der Waals surface area contributed by atoms with E-state index in [1.165, 1.54) is 4.90 Å². The van der Waals surface area contributed by atoms with Crippen molar-refractivity contribution in [3.8, 4) is 0 Å². The Morgan fingerprint density at radius 2 is 1.86 bits per heavy atom. The zero-order chi connectivity index (χ0) is 10.8. The number of aliphatic carboxylic acids is 1. The lowest BCUT2D eigenvalue weighted by atomic mass is 10.2. The van der Waals surface area contributed by atoms with Gasteiger partial charge in [-0.1, -0.05) is 0 Å². The highest BCUT2D eigenvalue weighted by Crippen LogP contribution is 2.16. The van der Waals surface area contributed by atoms with Crippen molar-refractivity contribution in [2.45, 2.75) is 5.92 Å². The molecule has 0 atom stereocenters. The second kappa shape index (κ2) is 4.18. The smallest absolute Gasteiger partial charge is 0.375 e. The van der Waals surface area contributed by atoms with E-state index in [1.54, 1.807) is 0 Å². The maximum Gasteiger partial charge on any atom is 0.375 e. The van der Waals surface area contributed by atoms with Gasteiger partial charge in [0.05, 0.1) is 6.54 Å². The predicted molar refractivity (Wildman–Crippen MR) is 46.5 cm³/mol. The molecule has 0 aromatic heterocycles. The van der Waals surface area contributed by atoms with Crippen LogP contribution in [-0.2, 0) is 4.79 Å². The quantitative estimate of drug-likeness (QED) is 0.706. The Morgan fingerprint density at radius 3 is 2.29 bits per heavy atom. The van der Waals surface area contributed by atoms with Gasteiger partial charge in [-0.3, -0.25) is 4.90 Å². The molecule has 6 heteroatoms. The molecule has 0 aromatic carbocycles. The number of nitrogens with zero attached hydrogens (tertiary/aromatic N) is 2. The third kappa shape index (κ3) is 2.88. The topological polar surface area (TPSA) is 43.8 Å². The van der Waals surface area contributed by atoms with Crippen molar-refractivity contribution in [1.82, 2.24) is 9.80 Å². The number of likely N-dealkylation sites (N-methyl/N-ethyl adjacent to an activating group) is 1. The Labute approximate surface area is 81.1 Å². The van der Waals surface area contributed by atoms with Crippen molar-refractivity contribution in [2.75, 3.05) is 39.8 Å². The molecule has 1 fully saturated rings. The standard InChI is InChI=1S/C8H14F2N2O2/c1-11-2-4-12(5-3-11)6-8(9,10)7(13)14/h2-6H2,1H3,(H,13,14). The third-order valence-corrected chi connectivity index (χ3v) is 2.33. The number of carbonyl (C=O) groups is 1. The van der Waals surface area contributed by atoms with Crippen LogP contribution in [0, 0.1) is 0 Å². The molecule has 1 rings (SSSR count). The molecule has 1 N–H and O–H groups in total. The lowest BCUT2D eigenvalue weighted by Gasteiger charge is -2.33. The molecule has 14 heavy (non-hydrogen) atoms. The Hall–Kier alpha value is -0.750. The van der Waals surface area contributed by atoms with E-state index < -0.39 is 18.4 Å². The number of hydrogen-bond acceptors (Lipinski definition) is 3. The first-order chi connectivity index (χ1) is 6.42. The first kappa shape index (κ1) is 11.3. The van der Waals surface area contributed by atoms with Crippen LogP contribution in [0.3, 0.4) is 0 Å². The molecular weight excluding hydrogens is 194 g/mol. The molecule has 0 unspecified atom stereocenters. The van der Waals surface area contributed by atoms with Gasteiger partial charge in [0.1, 0.15) is 0 Å². The number of alkyl halides is 2. The van der Waals surface area contributed by atoms with E-state index in [2.05, 4.69) is 0 Å². The summed E-state index contributed by atoms with van der Waals surface area (Å²) >= 11 is 0. The van der Waals surface area contributed by atoms with Gasteiger partial charge in [-0.25, -0.2) is 4.79 Å². The average molecular weight is 208 g/mol. The molecule has 0 radical (unpaired) electrons. The van der Waals surface area contributed by atoms with Crippen LogP contribution < -0.4 is 0 Å². The summed E-state index contributed by atoms with van der Waals surface area (Å²) in [6.45, 7) is 1.72. The summed E-state index contributed by atoms with van der Waals surface area (Å²) in [4.78, 5) is 13.7. The maximum atomic E-state index is 12.8. The Morgan fingerprint density at radius 1 is 1.36 bits per heavy atom. The van der Waals surface area contributed by atoms with Gasteiger partial charge in [0.15, 0.2) is 0 Å². The molecule has 0 aromatic rings. The monoisotopic (exact) mass is 208 g/mol. The summed E-state index contributed by atoms with van der Waals surface area (Å²) in [6.07, 6.45) is 0. The normalized spacial score (nSPS) is 21.1. The Bertz CT molecular complexity index is 215. The van der Waals surface area contributed by atoms with Crippen LogP contribution in [0.25, 0.3) is 0 Å². The van der Waals surface area contributed by atoms with E-state index in [-0.39, 0.29) is 0 Å². The summed E-state index contributed by atoms with van der Waals surface area (Å²) in [5, 5.41) is 8.24. The van der Waals surface area contributed by atoms with Crippen LogP contribution in [0.5, 0.6) is 0 Å². The van der Waals surface area contributed by atoms with Gasteiger partial charge in [-0.2, -0.15) is 8.78 Å². The van der Waals surface area contributed by atoms with Gasteiger partial charge in [0.2, 0.25) is 0 Å². The fourth-order valence-corrected chi connectivity index (χ4v) is 1.35. The van der Waals surface area contributed by atoms with Gasteiger partial charge in [0.25, 0.3) is 0 Å². The van der Waals surface area contributed by atoms with Crippen molar-refractivity contribution >= 4 is 5.97 Å². The van der Waals surface area contributed by atoms with Gasteiger partial charge >= 0.3 is 11.9 Å². The molecule has 1 aliphatic rings. The number of hydrogen-bond donors (Lipinski definition) is 1. The highest BCUT2D eigenvalue weighted by Gasteiger charge is 2.40. The van der Waals surface area contributed by atoms with Gasteiger partial charge < -0.3 is 10.0 Å². The zero-order valence-electron chi connectivity index (χ0n) is 8.04. The Balaban J connectivity index is 2.41. The highest BCUT2D eigenvalue weighted by atomic mass is 19.3. The first-order valence-corrected chi connectivity index (χ1v) is 4.44. The molecule has 0 amide bonds. The van der Waals surface area contributed by atoms with Gasteiger partial charge in [-0.05, 0) is 7.05 Å². The highest BCUT2D eigenvalue weighted by molar-refractivity contribution is 5.75. The Kier molecular flexibility index (Phi) is 3.38. The fraction of sp³-hybridized carbons (Fsp3) is 0.875. The van der Waals surface area contributed by atoms with E-state index in [0.717, 1.165) is 0 Å². The number of carboxylic acid groups (broad SMARTS) is 1. The van der Waals surface area contributed by atoms with Crippen molar-refractivity contribution in [1.29, 1.82) is 0 Å². The summed E-state index contributed by atoms with van der Waals surface area (Å²) < 4.78 is 25.5. The van der Waals surface area contributed by atoms with Crippen LogP contribution >= 0.6 is 0 Å². The SMILES string of the molecule is CN1CCN(CC(F)(F)C(=O)O)CC1. The van der Waals surface area contributed by atoms with Gasteiger partial charge in [-0.15, -0.1) is 0 Å². The van der Waals surface area contributed by atoms with Crippen LogP contribution in [0.4, 0.5) is 8.78 Å². The van der Waals surface area contributed by atoms with Crippen LogP contribution in [0.15, 0.2) is 0 Å². The molecule has 0 aliphatic carbocycles. The van der Waals surface area contributed by atoms with Crippen molar-refractivity contribution in [3.05, 3.63) is 0 Å². The van der Waals surface area contributed by atoms with E-state index in [4.69, 9.17) is 5.11 Å². The first-order valence-electron chi connectivity index (χ1n) is 4.44.